The van der Waals surface area contributed by atoms with Crippen LogP contribution >= 0.6 is 27.3 Å². The van der Waals surface area contributed by atoms with Crippen molar-refractivity contribution >= 4 is 37.5 Å². The lowest BCUT2D eigenvalue weighted by Crippen LogP contribution is -2.01. The zero-order chi connectivity index (χ0) is 9.26. The topological polar surface area (TPSA) is 38.9 Å². The zero-order valence-corrected chi connectivity index (χ0v) is 9.36. The molecule has 4 heteroatoms. The Morgan fingerprint density at radius 1 is 1.46 bits per heavy atom. The number of para-hydroxylation sites is 1. The number of benzene rings is 1. The number of hydrogen-bond donors (Lipinski definition) is 1. The number of nitrogens with zero attached hydrogens (tertiary/aromatic N) is 1. The van der Waals surface area contributed by atoms with E-state index >= 15 is 0 Å². The van der Waals surface area contributed by atoms with Gasteiger partial charge >= 0.3 is 0 Å². The monoisotopic (exact) mass is 256 g/mol. The third-order valence-corrected chi connectivity index (χ3v) is 3.49. The van der Waals surface area contributed by atoms with Gasteiger partial charge in [0.05, 0.1) is 15.2 Å². The highest BCUT2D eigenvalue weighted by molar-refractivity contribution is 9.10. The first kappa shape index (κ1) is 9.12. The van der Waals surface area contributed by atoms with Gasteiger partial charge in [-0.15, -0.1) is 11.3 Å². The van der Waals surface area contributed by atoms with Gasteiger partial charge in [0.15, 0.2) is 0 Å². The second-order valence-electron chi connectivity index (χ2n) is 2.73. The Bertz CT molecular complexity index is 424. The first-order valence-electron chi connectivity index (χ1n) is 4.05. The first-order valence-corrected chi connectivity index (χ1v) is 5.66. The van der Waals surface area contributed by atoms with Crippen molar-refractivity contribution in [3.63, 3.8) is 0 Å². The van der Waals surface area contributed by atoms with Crippen molar-refractivity contribution < 1.29 is 0 Å². The number of rotatable bonds is 2. The molecule has 0 spiro atoms. The molecule has 0 radical (unpaired) electrons. The summed E-state index contributed by atoms with van der Waals surface area (Å²) >= 11 is 5.19. The summed E-state index contributed by atoms with van der Waals surface area (Å²) in [5.41, 5.74) is 6.53. The van der Waals surface area contributed by atoms with E-state index in [1.54, 1.807) is 11.3 Å². The lowest BCUT2D eigenvalue weighted by Gasteiger charge is -1.88. The van der Waals surface area contributed by atoms with Crippen molar-refractivity contribution in [3.05, 3.63) is 27.7 Å². The van der Waals surface area contributed by atoms with Crippen LogP contribution < -0.4 is 5.73 Å². The molecular weight excluding hydrogens is 248 g/mol. The molecule has 13 heavy (non-hydrogen) atoms. The summed E-state index contributed by atoms with van der Waals surface area (Å²) in [5.74, 6) is 0. The number of nitrogens with two attached hydrogens (primary N) is 1. The maximum Gasteiger partial charge on any atom is 0.0957 e. The molecule has 1 aromatic heterocycles. The fraction of sp³-hybridized carbons (Fsp3) is 0.222. The highest BCUT2D eigenvalue weighted by Crippen LogP contribution is 2.28. The van der Waals surface area contributed by atoms with Crippen LogP contribution in [-0.4, -0.2) is 11.5 Å². The third kappa shape index (κ3) is 1.75. The molecule has 0 aliphatic rings. The van der Waals surface area contributed by atoms with Gasteiger partial charge in [0, 0.05) is 10.9 Å². The van der Waals surface area contributed by atoms with E-state index < -0.39 is 0 Å². The minimum Gasteiger partial charge on any atom is -0.330 e. The number of thiazole rings is 1. The van der Waals surface area contributed by atoms with Crippen molar-refractivity contribution in [1.82, 2.24) is 4.98 Å². The molecule has 2 N–H and O–H groups in total. The van der Waals surface area contributed by atoms with E-state index in [-0.39, 0.29) is 0 Å². The van der Waals surface area contributed by atoms with Crippen molar-refractivity contribution in [2.75, 3.05) is 6.54 Å². The van der Waals surface area contributed by atoms with E-state index in [0.29, 0.717) is 6.54 Å². The van der Waals surface area contributed by atoms with Crippen LogP contribution in [0.5, 0.6) is 0 Å². The standard InChI is InChI=1S/C9H9BrN2S/c10-6-2-1-3-7-9(6)12-8(13-7)4-5-11/h1-3H,4-5,11H2. The van der Waals surface area contributed by atoms with Gasteiger partial charge in [-0.05, 0) is 34.6 Å². The van der Waals surface area contributed by atoms with Gasteiger partial charge in [-0.25, -0.2) is 4.98 Å². The second-order valence-corrected chi connectivity index (χ2v) is 4.70. The normalized spacial score (nSPS) is 10.9. The van der Waals surface area contributed by atoms with Crippen LogP contribution in [0.4, 0.5) is 0 Å². The van der Waals surface area contributed by atoms with Gasteiger partial charge in [-0.2, -0.15) is 0 Å². The van der Waals surface area contributed by atoms with E-state index in [1.165, 1.54) is 4.70 Å². The molecule has 0 aliphatic carbocycles. The predicted octanol–water partition coefficient (Wildman–Crippen LogP) is 2.56. The van der Waals surface area contributed by atoms with Crippen LogP contribution in [0, 0.1) is 0 Å². The molecule has 0 unspecified atom stereocenters. The maximum absolute atomic E-state index is 5.48. The Hall–Kier alpha value is -0.450. The second kappa shape index (κ2) is 3.74. The summed E-state index contributed by atoms with van der Waals surface area (Å²) in [6.07, 6.45) is 0.867. The Morgan fingerprint density at radius 2 is 2.31 bits per heavy atom. The van der Waals surface area contributed by atoms with E-state index in [4.69, 9.17) is 5.73 Å². The average molecular weight is 257 g/mol. The SMILES string of the molecule is NCCc1nc2c(Br)cccc2s1. The smallest absolute Gasteiger partial charge is 0.0957 e. The van der Waals surface area contributed by atoms with Gasteiger partial charge in [-0.3, -0.25) is 0 Å². The summed E-state index contributed by atoms with van der Waals surface area (Å²) in [5, 5.41) is 1.12. The predicted molar refractivity (Wildman–Crippen MR) is 60.1 cm³/mol. The Kier molecular flexibility index (Phi) is 2.62. The van der Waals surface area contributed by atoms with Gasteiger partial charge in [0.1, 0.15) is 0 Å². The van der Waals surface area contributed by atoms with Crippen LogP contribution in [0.3, 0.4) is 0 Å². The highest BCUT2D eigenvalue weighted by atomic mass is 79.9. The molecule has 0 bridgehead atoms. The molecule has 1 heterocycles. The lowest BCUT2D eigenvalue weighted by atomic mass is 10.3. The number of aromatic nitrogens is 1. The molecule has 0 fully saturated rings. The summed E-state index contributed by atoms with van der Waals surface area (Å²) in [7, 11) is 0. The Labute approximate surface area is 88.9 Å². The van der Waals surface area contributed by atoms with Crippen molar-refractivity contribution in [2.24, 2.45) is 5.73 Å². The third-order valence-electron chi connectivity index (χ3n) is 1.77. The van der Waals surface area contributed by atoms with Crippen molar-refractivity contribution in [2.45, 2.75) is 6.42 Å². The van der Waals surface area contributed by atoms with Crippen LogP contribution in [0.2, 0.25) is 0 Å². The fourth-order valence-electron chi connectivity index (χ4n) is 1.19. The Balaban J connectivity index is 2.55. The molecule has 2 rings (SSSR count). The van der Waals surface area contributed by atoms with Crippen LogP contribution in [0.15, 0.2) is 22.7 Å². The molecule has 0 atom stereocenters. The van der Waals surface area contributed by atoms with Crippen LogP contribution in [-0.2, 0) is 6.42 Å². The summed E-state index contributed by atoms with van der Waals surface area (Å²) in [6, 6.07) is 6.11. The Morgan fingerprint density at radius 3 is 3.00 bits per heavy atom. The molecular formula is C9H9BrN2S. The maximum atomic E-state index is 5.48. The minimum absolute atomic E-state index is 0.664. The van der Waals surface area contributed by atoms with Gasteiger partial charge < -0.3 is 5.73 Å². The molecule has 0 saturated heterocycles. The molecule has 0 saturated carbocycles. The van der Waals surface area contributed by atoms with E-state index in [9.17, 15) is 0 Å². The number of halogens is 1. The quantitative estimate of drug-likeness (QED) is 0.897. The zero-order valence-electron chi connectivity index (χ0n) is 6.96. The largest absolute Gasteiger partial charge is 0.330 e. The van der Waals surface area contributed by atoms with Gasteiger partial charge in [0.2, 0.25) is 0 Å². The molecule has 2 nitrogen and oxygen atoms in total. The molecule has 2 aromatic rings. The lowest BCUT2D eigenvalue weighted by molar-refractivity contribution is 0.958. The summed E-state index contributed by atoms with van der Waals surface area (Å²) in [4.78, 5) is 4.49. The van der Waals surface area contributed by atoms with Crippen LogP contribution in [0.25, 0.3) is 10.2 Å². The molecule has 1 aromatic carbocycles. The highest BCUT2D eigenvalue weighted by Gasteiger charge is 2.04. The summed E-state index contributed by atoms with van der Waals surface area (Å²) in [6.45, 7) is 0.664. The first-order chi connectivity index (χ1) is 6.31. The van der Waals surface area contributed by atoms with Crippen molar-refractivity contribution in [1.29, 1.82) is 0 Å². The van der Waals surface area contributed by atoms with Crippen LogP contribution in [0.1, 0.15) is 5.01 Å². The molecule has 0 aliphatic heterocycles. The minimum atomic E-state index is 0.664. The van der Waals surface area contributed by atoms with Gasteiger partial charge in [0.25, 0.3) is 0 Å². The fourth-order valence-corrected chi connectivity index (χ4v) is 2.79. The van der Waals surface area contributed by atoms with E-state index in [0.717, 1.165) is 21.4 Å². The van der Waals surface area contributed by atoms with Gasteiger partial charge in [-0.1, -0.05) is 6.07 Å². The van der Waals surface area contributed by atoms with Crippen molar-refractivity contribution in [3.8, 4) is 0 Å². The molecule has 0 amide bonds. The number of hydrogen-bond acceptors (Lipinski definition) is 3. The average Bonchev–Trinajstić information content (AvgIpc) is 2.49. The van der Waals surface area contributed by atoms with E-state index in [1.807, 2.05) is 12.1 Å². The number of fused-ring (bicyclic) bond motifs is 1. The summed E-state index contributed by atoms with van der Waals surface area (Å²) < 4.78 is 2.28. The molecule has 68 valence electrons. The van der Waals surface area contributed by atoms with E-state index in [2.05, 4.69) is 27.0 Å².